The summed E-state index contributed by atoms with van der Waals surface area (Å²) in [5.41, 5.74) is 0.847. The van der Waals surface area contributed by atoms with Gasteiger partial charge in [0.25, 0.3) is 5.69 Å². The van der Waals surface area contributed by atoms with Gasteiger partial charge in [-0.3, -0.25) is 19.8 Å². The number of halogens is 1. The minimum atomic E-state index is -0.416. The van der Waals surface area contributed by atoms with Gasteiger partial charge in [-0.1, -0.05) is 12.1 Å². The number of hydrogen-bond acceptors (Lipinski definition) is 5. The lowest BCUT2D eigenvalue weighted by Crippen LogP contribution is -2.36. The number of nitro groups is 1. The van der Waals surface area contributed by atoms with E-state index < -0.39 is 4.92 Å². The van der Waals surface area contributed by atoms with Crippen molar-refractivity contribution in [3.8, 4) is 0 Å². The number of likely N-dealkylation sites (tertiary alicyclic amines) is 1. The van der Waals surface area contributed by atoms with Crippen LogP contribution in [0.3, 0.4) is 0 Å². The summed E-state index contributed by atoms with van der Waals surface area (Å²) in [6, 6.07) is 4.70. The molecule has 1 heterocycles. The molecule has 1 aliphatic heterocycles. The van der Waals surface area contributed by atoms with E-state index >= 15 is 0 Å². The van der Waals surface area contributed by atoms with Crippen molar-refractivity contribution in [1.29, 1.82) is 0 Å². The van der Waals surface area contributed by atoms with Gasteiger partial charge in [0.2, 0.25) is 0 Å². The largest absolute Gasteiger partial charge is 0.465 e. The maximum Gasteiger partial charge on any atom is 0.323 e. The normalized spacial score (nSPS) is 18.7. The quantitative estimate of drug-likeness (QED) is 0.460. The van der Waals surface area contributed by atoms with Crippen LogP contribution in [0.2, 0.25) is 0 Å². The van der Waals surface area contributed by atoms with E-state index in [0.29, 0.717) is 17.6 Å². The lowest BCUT2D eigenvalue weighted by Gasteiger charge is -2.23. The molecule has 0 aromatic heterocycles. The van der Waals surface area contributed by atoms with Crippen molar-refractivity contribution < 1.29 is 14.5 Å². The molecule has 1 saturated heterocycles. The summed E-state index contributed by atoms with van der Waals surface area (Å²) >= 11 is 3.29. The number of ether oxygens (including phenoxy) is 1. The van der Waals surface area contributed by atoms with Crippen LogP contribution in [0.25, 0.3) is 0 Å². The van der Waals surface area contributed by atoms with Crippen molar-refractivity contribution in [3.05, 3.63) is 38.3 Å². The van der Waals surface area contributed by atoms with Gasteiger partial charge in [-0.2, -0.15) is 0 Å². The summed E-state index contributed by atoms with van der Waals surface area (Å²) < 4.78 is 5.56. The number of carbonyl (C=O) groups is 1. The summed E-state index contributed by atoms with van der Waals surface area (Å²) in [5, 5.41) is 11.0. The minimum absolute atomic E-state index is 0.0411. The molecule has 0 saturated carbocycles. The van der Waals surface area contributed by atoms with Crippen LogP contribution in [0.5, 0.6) is 0 Å². The molecule has 1 atom stereocenters. The van der Waals surface area contributed by atoms with Gasteiger partial charge >= 0.3 is 5.97 Å². The van der Waals surface area contributed by atoms with Gasteiger partial charge in [-0.05, 0) is 47.8 Å². The van der Waals surface area contributed by atoms with Crippen molar-refractivity contribution in [3.63, 3.8) is 0 Å². The predicted octanol–water partition coefficient (Wildman–Crippen LogP) is 2.88. The second-order valence-electron chi connectivity index (χ2n) is 4.89. The van der Waals surface area contributed by atoms with Gasteiger partial charge in [-0.15, -0.1) is 0 Å². The zero-order valence-electron chi connectivity index (χ0n) is 11.8. The van der Waals surface area contributed by atoms with Crippen molar-refractivity contribution >= 4 is 27.6 Å². The highest BCUT2D eigenvalue weighted by Crippen LogP contribution is 2.31. The van der Waals surface area contributed by atoms with E-state index in [9.17, 15) is 14.9 Å². The molecule has 1 aromatic carbocycles. The van der Waals surface area contributed by atoms with Crippen LogP contribution < -0.4 is 0 Å². The van der Waals surface area contributed by atoms with Crippen molar-refractivity contribution in [2.45, 2.75) is 32.4 Å². The average molecular weight is 357 g/mol. The number of nitro benzene ring substituents is 1. The summed E-state index contributed by atoms with van der Waals surface area (Å²) in [5.74, 6) is -0.212. The first-order chi connectivity index (χ1) is 10.0. The van der Waals surface area contributed by atoms with E-state index in [1.54, 1.807) is 13.0 Å². The first-order valence-electron chi connectivity index (χ1n) is 6.87. The third kappa shape index (κ3) is 3.59. The first kappa shape index (κ1) is 15.9. The SMILES string of the molecule is CCOC(=O)C1CCCN1Cc1cccc([N+](=O)[O-])c1Br. The minimum Gasteiger partial charge on any atom is -0.465 e. The molecule has 0 N–H and O–H groups in total. The monoisotopic (exact) mass is 356 g/mol. The first-order valence-corrected chi connectivity index (χ1v) is 7.66. The molecule has 0 spiro atoms. The van der Waals surface area contributed by atoms with Crippen LogP contribution in [0.1, 0.15) is 25.3 Å². The number of esters is 1. The van der Waals surface area contributed by atoms with E-state index in [1.165, 1.54) is 6.07 Å². The second-order valence-corrected chi connectivity index (χ2v) is 5.68. The molecule has 1 aromatic rings. The lowest BCUT2D eigenvalue weighted by atomic mass is 10.1. The van der Waals surface area contributed by atoms with Crippen LogP contribution in [0, 0.1) is 10.1 Å². The Kier molecular flexibility index (Phi) is 5.30. The number of nitrogens with zero attached hydrogens (tertiary/aromatic N) is 2. The van der Waals surface area contributed by atoms with Crippen molar-refractivity contribution in [1.82, 2.24) is 4.90 Å². The Morgan fingerprint density at radius 3 is 3.00 bits per heavy atom. The average Bonchev–Trinajstić information content (AvgIpc) is 2.89. The summed E-state index contributed by atoms with van der Waals surface area (Å²) in [6.45, 7) is 3.43. The van der Waals surface area contributed by atoms with E-state index in [4.69, 9.17) is 4.74 Å². The molecule has 1 unspecified atom stereocenters. The maximum atomic E-state index is 11.9. The molecule has 1 aliphatic rings. The molecule has 0 bridgehead atoms. The Bertz CT molecular complexity index is 550. The standard InChI is InChI=1S/C14H17BrN2O4/c1-2-21-14(18)12-7-4-8-16(12)9-10-5-3-6-11(13(10)15)17(19)20/h3,5-6,12H,2,4,7-9H2,1H3. The zero-order valence-corrected chi connectivity index (χ0v) is 13.3. The Balaban J connectivity index is 2.16. The van der Waals surface area contributed by atoms with Gasteiger partial charge in [-0.25, -0.2) is 0 Å². The molecule has 0 aliphatic carbocycles. The van der Waals surface area contributed by atoms with Crippen molar-refractivity contribution in [2.75, 3.05) is 13.2 Å². The highest BCUT2D eigenvalue weighted by Gasteiger charge is 2.32. The molecule has 114 valence electrons. The highest BCUT2D eigenvalue weighted by molar-refractivity contribution is 9.10. The van der Waals surface area contributed by atoms with Gasteiger partial charge < -0.3 is 4.74 Å². The van der Waals surface area contributed by atoms with Gasteiger partial charge in [0, 0.05) is 12.6 Å². The molecule has 0 radical (unpaired) electrons. The van der Waals surface area contributed by atoms with E-state index in [-0.39, 0.29) is 17.7 Å². The Morgan fingerprint density at radius 2 is 2.33 bits per heavy atom. The molecule has 2 rings (SSSR count). The molecular weight excluding hydrogens is 340 g/mol. The molecular formula is C14H17BrN2O4. The Labute approximate surface area is 131 Å². The van der Waals surface area contributed by atoms with Gasteiger partial charge in [0.1, 0.15) is 6.04 Å². The van der Waals surface area contributed by atoms with Crippen LogP contribution in [0.4, 0.5) is 5.69 Å². The number of benzene rings is 1. The zero-order chi connectivity index (χ0) is 15.4. The third-order valence-corrected chi connectivity index (χ3v) is 4.47. The van der Waals surface area contributed by atoms with Gasteiger partial charge in [0.15, 0.2) is 0 Å². The highest BCUT2D eigenvalue weighted by atomic mass is 79.9. The smallest absolute Gasteiger partial charge is 0.323 e. The molecule has 0 amide bonds. The van der Waals surface area contributed by atoms with E-state index in [0.717, 1.165) is 24.9 Å². The van der Waals surface area contributed by atoms with Crippen LogP contribution in [-0.2, 0) is 16.1 Å². The van der Waals surface area contributed by atoms with E-state index in [1.807, 2.05) is 11.0 Å². The number of carbonyl (C=O) groups excluding carboxylic acids is 1. The summed E-state index contributed by atoms with van der Waals surface area (Å²) in [6.07, 6.45) is 1.70. The second kappa shape index (κ2) is 7.00. The molecule has 21 heavy (non-hydrogen) atoms. The fourth-order valence-corrected chi connectivity index (χ4v) is 3.10. The van der Waals surface area contributed by atoms with Crippen LogP contribution >= 0.6 is 15.9 Å². The topological polar surface area (TPSA) is 72.7 Å². The predicted molar refractivity (Wildman–Crippen MR) is 80.9 cm³/mol. The van der Waals surface area contributed by atoms with Crippen LogP contribution in [-0.4, -0.2) is 35.0 Å². The summed E-state index contributed by atoms with van der Waals surface area (Å²) in [4.78, 5) is 24.5. The lowest BCUT2D eigenvalue weighted by molar-refractivity contribution is -0.385. The molecule has 1 fully saturated rings. The van der Waals surface area contributed by atoms with Crippen LogP contribution in [0.15, 0.2) is 22.7 Å². The Hall–Kier alpha value is -1.47. The number of hydrogen-bond donors (Lipinski definition) is 0. The summed E-state index contributed by atoms with van der Waals surface area (Å²) in [7, 11) is 0. The Morgan fingerprint density at radius 1 is 1.57 bits per heavy atom. The fraction of sp³-hybridized carbons (Fsp3) is 0.500. The molecule has 7 heteroatoms. The maximum absolute atomic E-state index is 11.9. The number of rotatable bonds is 5. The fourth-order valence-electron chi connectivity index (χ4n) is 2.57. The van der Waals surface area contributed by atoms with Crippen molar-refractivity contribution in [2.24, 2.45) is 0 Å². The third-order valence-electron chi connectivity index (χ3n) is 3.55. The van der Waals surface area contributed by atoms with Gasteiger partial charge in [0.05, 0.1) is 16.0 Å². The molecule has 6 nitrogen and oxygen atoms in total. The van der Waals surface area contributed by atoms with E-state index in [2.05, 4.69) is 15.9 Å².